The van der Waals surface area contributed by atoms with Crippen molar-refractivity contribution in [2.75, 3.05) is 50.8 Å². The molecule has 3 aromatic carbocycles. The molecule has 7 rings (SSSR count). The van der Waals surface area contributed by atoms with Gasteiger partial charge in [0.2, 0.25) is 0 Å². The number of hydrogen-bond donors (Lipinski definition) is 0. The molecule has 1 unspecified atom stereocenters. The molecule has 2 saturated heterocycles. The van der Waals surface area contributed by atoms with Crippen LogP contribution in [0, 0.1) is 22.6 Å². The fourth-order valence-corrected chi connectivity index (χ4v) is 7.35. The Hall–Kier alpha value is -4.33. The zero-order chi connectivity index (χ0) is 32.7. The lowest BCUT2D eigenvalue weighted by atomic mass is 9.96. The smallest absolute Gasteiger partial charge is 0.319 e. The molecule has 0 radical (unpaired) electrons. The quantitative estimate of drug-likeness (QED) is 0.181. The van der Waals surface area contributed by atoms with E-state index < -0.39 is 23.6 Å². The Labute approximate surface area is 277 Å². The molecule has 4 aromatic rings. The highest BCUT2D eigenvalue weighted by Crippen LogP contribution is 2.47. The second-order valence-corrected chi connectivity index (χ2v) is 13.3. The molecule has 1 saturated carbocycles. The van der Waals surface area contributed by atoms with Crippen LogP contribution >= 0.6 is 11.6 Å². The second-order valence-electron chi connectivity index (χ2n) is 12.9. The average molecular weight is 657 g/mol. The molecule has 3 aliphatic rings. The van der Waals surface area contributed by atoms with Crippen LogP contribution in [0.25, 0.3) is 32.8 Å². The molecule has 11 heteroatoms. The number of likely N-dealkylation sites (tertiary alicyclic amines) is 1. The summed E-state index contributed by atoms with van der Waals surface area (Å²) >= 11 is 6.62. The van der Waals surface area contributed by atoms with Crippen molar-refractivity contribution < 1.29 is 18.3 Å². The molecule has 242 valence electrons. The van der Waals surface area contributed by atoms with Gasteiger partial charge in [0.25, 0.3) is 5.91 Å². The monoisotopic (exact) mass is 656 g/mol. The van der Waals surface area contributed by atoms with Gasteiger partial charge in [0.15, 0.2) is 11.6 Å². The summed E-state index contributed by atoms with van der Waals surface area (Å²) in [4.78, 5) is 27.7. The van der Waals surface area contributed by atoms with Crippen LogP contribution in [0.3, 0.4) is 0 Å². The highest BCUT2D eigenvalue weighted by Gasteiger charge is 2.45. The number of amides is 1. The molecule has 0 N–H and O–H groups in total. The number of nitriles is 1. The summed E-state index contributed by atoms with van der Waals surface area (Å²) in [5.41, 5.74) is 1.12. The molecule has 47 heavy (non-hydrogen) atoms. The molecule has 0 bridgehead atoms. The van der Waals surface area contributed by atoms with Crippen LogP contribution in [0.4, 0.5) is 14.6 Å². The molecule has 1 aromatic heterocycles. The zero-order valence-electron chi connectivity index (χ0n) is 26.0. The van der Waals surface area contributed by atoms with E-state index in [2.05, 4.69) is 22.5 Å². The van der Waals surface area contributed by atoms with Crippen LogP contribution in [-0.4, -0.2) is 77.6 Å². The fraction of sp³-hybridized carbons (Fsp3) is 0.389. The second kappa shape index (κ2) is 12.7. The SMILES string of the molecule is C=C(F)C(=O)N1CCN(c2nc(OCC3(CN4CCCC4)CC3)nc3c(F)c(-c4cccc5cccc(Cl)c45)ccc23)CC1CC#N. The highest BCUT2D eigenvalue weighted by molar-refractivity contribution is 6.36. The van der Waals surface area contributed by atoms with Gasteiger partial charge < -0.3 is 19.4 Å². The van der Waals surface area contributed by atoms with Crippen LogP contribution in [-0.2, 0) is 4.79 Å². The Bertz CT molecular complexity index is 1910. The van der Waals surface area contributed by atoms with Crippen LogP contribution in [0.5, 0.6) is 6.01 Å². The first-order chi connectivity index (χ1) is 22.8. The van der Waals surface area contributed by atoms with Gasteiger partial charge in [-0.25, -0.2) is 8.78 Å². The largest absolute Gasteiger partial charge is 0.463 e. The van der Waals surface area contributed by atoms with Gasteiger partial charge >= 0.3 is 6.01 Å². The predicted octanol–water partition coefficient (Wildman–Crippen LogP) is 6.91. The zero-order valence-corrected chi connectivity index (χ0v) is 26.8. The summed E-state index contributed by atoms with van der Waals surface area (Å²) in [6, 6.07) is 16.3. The molecule has 3 fully saturated rings. The first kappa shape index (κ1) is 31.3. The lowest BCUT2D eigenvalue weighted by molar-refractivity contribution is -0.131. The standard InChI is InChI=1S/C36H35ClF2N6O2/c1-23(38)34(46)45-19-18-44(20-25(45)12-15-40)33-28-11-10-27(26-8-4-6-24-7-5-9-29(37)30(24)26)31(39)32(28)41-35(42-33)47-22-36(13-14-36)21-43-16-2-3-17-43/h4-11,25H,1-3,12-14,16-22H2. The minimum absolute atomic E-state index is 0.0126. The van der Waals surface area contributed by atoms with E-state index in [4.69, 9.17) is 21.3 Å². The van der Waals surface area contributed by atoms with Gasteiger partial charge in [-0.2, -0.15) is 15.2 Å². The number of hydrogen-bond acceptors (Lipinski definition) is 7. The van der Waals surface area contributed by atoms with Crippen molar-refractivity contribution in [2.45, 2.75) is 38.1 Å². The number of fused-ring (bicyclic) bond motifs is 2. The number of anilines is 1. The van der Waals surface area contributed by atoms with Crippen molar-refractivity contribution in [3.05, 3.63) is 71.8 Å². The van der Waals surface area contributed by atoms with Crippen LogP contribution < -0.4 is 9.64 Å². The minimum Gasteiger partial charge on any atom is -0.463 e. The molecule has 1 atom stereocenters. The summed E-state index contributed by atoms with van der Waals surface area (Å²) < 4.78 is 36.9. The normalized spacial score (nSPS) is 19.2. The summed E-state index contributed by atoms with van der Waals surface area (Å²) in [6.07, 6.45) is 4.51. The number of carbonyl (C=O) groups is 1. The number of nitrogens with zero attached hydrogens (tertiary/aromatic N) is 6. The maximum Gasteiger partial charge on any atom is 0.319 e. The topological polar surface area (TPSA) is 85.6 Å². The number of piperazine rings is 1. The lowest BCUT2D eigenvalue weighted by Crippen LogP contribution is -2.55. The Kier molecular flexibility index (Phi) is 8.45. The third-order valence-corrected chi connectivity index (χ3v) is 10.0. The van der Waals surface area contributed by atoms with E-state index in [-0.39, 0.29) is 43.0 Å². The van der Waals surface area contributed by atoms with Crippen LogP contribution in [0.15, 0.2) is 60.9 Å². The third kappa shape index (κ3) is 6.10. The Morgan fingerprint density at radius 1 is 1.06 bits per heavy atom. The molecular formula is C36H35ClF2N6O2. The number of aromatic nitrogens is 2. The van der Waals surface area contributed by atoms with Crippen LogP contribution in [0.2, 0.25) is 5.02 Å². The minimum atomic E-state index is -1.07. The van der Waals surface area contributed by atoms with E-state index >= 15 is 4.39 Å². The van der Waals surface area contributed by atoms with Crippen molar-refractivity contribution in [1.82, 2.24) is 19.8 Å². The predicted molar refractivity (Wildman–Crippen MR) is 178 cm³/mol. The van der Waals surface area contributed by atoms with E-state index in [1.165, 1.54) is 17.7 Å². The van der Waals surface area contributed by atoms with Gasteiger partial charge in [-0.1, -0.05) is 54.6 Å². The van der Waals surface area contributed by atoms with Crippen molar-refractivity contribution in [2.24, 2.45) is 5.41 Å². The third-order valence-electron chi connectivity index (χ3n) is 9.73. The molecule has 1 aliphatic carbocycles. The van der Waals surface area contributed by atoms with Gasteiger partial charge in [0, 0.05) is 53.0 Å². The molecule has 3 heterocycles. The van der Waals surface area contributed by atoms with Crippen molar-refractivity contribution in [3.8, 4) is 23.2 Å². The number of ether oxygens (including phenoxy) is 1. The number of halogens is 3. The number of rotatable bonds is 9. The number of benzene rings is 3. The Balaban J connectivity index is 1.29. The molecule has 1 amide bonds. The summed E-state index contributed by atoms with van der Waals surface area (Å²) in [5.74, 6) is -2.00. The van der Waals surface area contributed by atoms with Crippen molar-refractivity contribution in [3.63, 3.8) is 0 Å². The van der Waals surface area contributed by atoms with Crippen molar-refractivity contribution in [1.29, 1.82) is 5.26 Å². The molecule has 8 nitrogen and oxygen atoms in total. The summed E-state index contributed by atoms with van der Waals surface area (Å²) in [6.45, 7) is 7.35. The van der Waals surface area contributed by atoms with Gasteiger partial charge in [-0.05, 0) is 61.9 Å². The van der Waals surface area contributed by atoms with E-state index in [9.17, 15) is 14.4 Å². The molecule has 0 spiro atoms. The van der Waals surface area contributed by atoms with Gasteiger partial charge in [-0.15, -0.1) is 0 Å². The maximum atomic E-state index is 16.8. The van der Waals surface area contributed by atoms with E-state index in [1.54, 1.807) is 18.2 Å². The molecule has 2 aliphatic heterocycles. The van der Waals surface area contributed by atoms with E-state index in [0.29, 0.717) is 34.0 Å². The van der Waals surface area contributed by atoms with E-state index in [1.807, 2.05) is 35.2 Å². The fourth-order valence-electron chi connectivity index (χ4n) is 7.07. The van der Waals surface area contributed by atoms with Gasteiger partial charge in [0.05, 0.1) is 25.1 Å². The average Bonchev–Trinajstić information content (AvgIpc) is 3.64. The van der Waals surface area contributed by atoms with Gasteiger partial charge in [-0.3, -0.25) is 4.79 Å². The molecular weight excluding hydrogens is 622 g/mol. The Morgan fingerprint density at radius 2 is 1.83 bits per heavy atom. The Morgan fingerprint density at radius 3 is 2.55 bits per heavy atom. The maximum absolute atomic E-state index is 16.8. The highest BCUT2D eigenvalue weighted by atomic mass is 35.5. The lowest BCUT2D eigenvalue weighted by Gasteiger charge is -2.41. The number of carbonyl (C=O) groups excluding carboxylic acids is 1. The summed E-state index contributed by atoms with van der Waals surface area (Å²) in [7, 11) is 0. The first-order valence-corrected chi connectivity index (χ1v) is 16.4. The van der Waals surface area contributed by atoms with E-state index in [0.717, 1.165) is 43.2 Å². The van der Waals surface area contributed by atoms with Crippen molar-refractivity contribution >= 4 is 45.0 Å². The first-order valence-electron chi connectivity index (χ1n) is 16.1. The summed E-state index contributed by atoms with van der Waals surface area (Å²) in [5, 5.41) is 12.1. The van der Waals surface area contributed by atoms with Gasteiger partial charge in [0.1, 0.15) is 11.3 Å². The van der Waals surface area contributed by atoms with Crippen LogP contribution in [0.1, 0.15) is 32.1 Å².